The normalized spacial score (nSPS) is 16.9. The van der Waals surface area contributed by atoms with Gasteiger partial charge in [-0.05, 0) is 220 Å². The van der Waals surface area contributed by atoms with E-state index >= 15 is 0 Å². The Morgan fingerprint density at radius 2 is 0.340 bits per heavy atom. The Kier molecular flexibility index (Phi) is 52.7. The van der Waals surface area contributed by atoms with Crippen LogP contribution < -0.4 is 0 Å². The largest absolute Gasteiger partial charge is 0.470 e. The van der Waals surface area contributed by atoms with E-state index in [0.29, 0.717) is 110 Å². The molecule has 0 spiro atoms. The molecule has 9 aliphatic heterocycles. The Balaban J connectivity index is 0.000000373. The topological polar surface area (TPSA) is 447 Å². The van der Waals surface area contributed by atoms with Gasteiger partial charge in [-0.25, -0.2) is 0 Å². The molecule has 9 heterocycles. The predicted octanol–water partition coefficient (Wildman–Crippen LogP) is 11.2. The summed E-state index contributed by atoms with van der Waals surface area (Å²) in [6.45, 7) is 68.8. The van der Waals surface area contributed by atoms with Crippen LogP contribution in [0.3, 0.4) is 0 Å². The number of amides is 18. The van der Waals surface area contributed by atoms with Crippen molar-refractivity contribution in [3.63, 3.8) is 0 Å². The van der Waals surface area contributed by atoms with Crippen LogP contribution in [0, 0.1) is 0 Å². The Bertz CT molecular complexity index is 4480. The van der Waals surface area contributed by atoms with E-state index in [4.69, 9.17) is 51.9 Å². The summed E-state index contributed by atoms with van der Waals surface area (Å²) in [6.07, 6.45) is 28.2. The van der Waals surface area contributed by atoms with Gasteiger partial charge in [-0.15, -0.1) is 19.7 Å². The highest BCUT2D eigenvalue weighted by atomic mass is 28.5. The minimum atomic E-state index is -3.18. The van der Waals surface area contributed by atoms with Gasteiger partial charge < -0.3 is 51.9 Å². The number of imide groups is 9. The molecule has 9 rings (SSSR count). The Hall–Kier alpha value is -8.74. The van der Waals surface area contributed by atoms with E-state index < -0.39 is 101 Å². The number of rotatable bonds is 60. The third-order valence-corrected chi connectivity index (χ3v) is 63.3. The second-order valence-corrected chi connectivity index (χ2v) is 92.4. The number of nitrogens with zero attached hydrogens (tertiary/aromatic N) is 9. The molecule has 39 nitrogen and oxygen atoms in total. The second kappa shape index (κ2) is 59.3. The molecule has 147 heavy (non-hydrogen) atoms. The van der Waals surface area contributed by atoms with Gasteiger partial charge in [0, 0.05) is 167 Å². The summed E-state index contributed by atoms with van der Waals surface area (Å²) >= 11 is 0. The fourth-order valence-corrected chi connectivity index (χ4v) is 61.9. The number of carbonyl (C=O) groups excluding carboxylic acids is 18. The van der Waals surface area contributed by atoms with Gasteiger partial charge in [0.05, 0.1) is 65.9 Å². The van der Waals surface area contributed by atoms with Crippen LogP contribution in [-0.2, 0) is 138 Å². The molecule has 9 aliphatic rings. The fraction of sp³-hybridized carbons (Fsp3) is 0.562. The lowest BCUT2D eigenvalue weighted by atomic mass is 10.4. The van der Waals surface area contributed by atoms with Crippen LogP contribution in [-0.4, -0.2) is 363 Å². The minimum absolute atomic E-state index is 0.188. The summed E-state index contributed by atoms with van der Waals surface area (Å²) < 4.78 is 74.1. The van der Waals surface area contributed by atoms with Crippen LogP contribution in [0.2, 0.25) is 187 Å². The molecule has 0 aromatic heterocycles. The van der Waals surface area contributed by atoms with Gasteiger partial charge in [0.15, 0.2) is 58.2 Å². The number of ether oxygens (including phenoxy) is 4. The molecule has 0 unspecified atom stereocenters. The molecule has 0 saturated heterocycles. The van der Waals surface area contributed by atoms with Crippen molar-refractivity contribution in [1.29, 1.82) is 0 Å². The van der Waals surface area contributed by atoms with Gasteiger partial charge in [0.2, 0.25) is 25.0 Å². The average molecular weight is 2260 g/mol. The summed E-state index contributed by atoms with van der Waals surface area (Å²) in [5.74, 6) is -4.63. The maximum absolute atomic E-state index is 11.9. The van der Waals surface area contributed by atoms with Gasteiger partial charge in [0.1, 0.15) is 0 Å². The van der Waals surface area contributed by atoms with Crippen molar-refractivity contribution < 1.29 is 138 Å². The van der Waals surface area contributed by atoms with Gasteiger partial charge in [-0.1, -0.05) is 24.0 Å². The lowest BCUT2D eigenvalue weighted by Gasteiger charge is -2.43. The maximum atomic E-state index is 11.9. The van der Waals surface area contributed by atoms with Gasteiger partial charge in [-0.2, -0.15) is 0 Å². The molecule has 0 atom stereocenters. The van der Waals surface area contributed by atoms with Crippen molar-refractivity contribution >= 4 is 207 Å². The zero-order chi connectivity index (χ0) is 111. The molecule has 51 heteroatoms. The highest BCUT2D eigenvalue weighted by Gasteiger charge is 2.53. The van der Waals surface area contributed by atoms with Crippen LogP contribution in [0.1, 0.15) is 51.9 Å². The summed E-state index contributed by atoms with van der Waals surface area (Å²) in [7, 11) is -26.3. The molecule has 0 N–H and O–H groups in total. The first-order valence-corrected chi connectivity index (χ1v) is 85.2. The molecule has 0 aromatic rings. The number of carbonyl (C=O) groups is 18. The first kappa shape index (κ1) is 131. The van der Waals surface area contributed by atoms with Crippen LogP contribution in [0.25, 0.3) is 0 Å². The van der Waals surface area contributed by atoms with Crippen molar-refractivity contribution in [3.8, 4) is 0 Å². The quantitative estimate of drug-likeness (QED) is 0.0310. The molecule has 0 aliphatic carbocycles. The van der Waals surface area contributed by atoms with Gasteiger partial charge in [-0.3, -0.25) is 130 Å². The first-order chi connectivity index (χ1) is 68.1. The van der Waals surface area contributed by atoms with E-state index in [2.05, 4.69) is 170 Å². The maximum Gasteiger partial charge on any atom is 0.470 e. The van der Waals surface area contributed by atoms with Crippen LogP contribution >= 0.6 is 0 Å². The van der Waals surface area contributed by atoms with E-state index in [-0.39, 0.29) is 133 Å². The van der Waals surface area contributed by atoms with Crippen molar-refractivity contribution in [2.45, 2.75) is 239 Å². The highest BCUT2D eigenvalue weighted by Crippen LogP contribution is 2.35. The third-order valence-electron chi connectivity index (χ3n) is 22.2. The molecule has 0 aromatic carbocycles. The SMILES string of the molecule is C=C[Si](C)(C)O[Si](CCCN1C(=O)C=CC1=O)(O[Si](C)(C)C=C)O[Si](C)(C)C=C.CCCN1C(=O)C=CC1=O.C[Si](C)(C)O[Si](CCCN1C(=O)C=CC1=O)(O[Si](C)(C)C)O[Si](C)(C)C.C[Si](C)(CCCN1C(=O)C=CC1=O)O[Si](C)(C)CCCN1C(=O)C=CC1=O.C[Si](C)(CCCN1C(=O)C=CC1=O)O[Si](C)(C)CCCN1C(=O)C=CC1=O.O=C1C=CC(=O)N1CCOCCOCCOCCOCCN1C(=O)C=CC1=O. The van der Waals surface area contributed by atoms with Crippen molar-refractivity contribution in [1.82, 2.24) is 44.1 Å². The third kappa shape index (κ3) is 48.6. The van der Waals surface area contributed by atoms with Crippen LogP contribution in [0.15, 0.2) is 146 Å². The average Bonchev–Trinajstić information content (AvgIpc) is 1.76. The summed E-state index contributed by atoms with van der Waals surface area (Å²) in [4.78, 5) is 218. The summed E-state index contributed by atoms with van der Waals surface area (Å²) in [5, 5.41) is 0. The van der Waals surface area contributed by atoms with E-state index in [1.807, 2.05) is 24.0 Å². The Labute approximate surface area is 880 Å². The molecule has 0 bridgehead atoms. The summed E-state index contributed by atoms with van der Waals surface area (Å²) in [6, 6.07) is 4.60. The van der Waals surface area contributed by atoms with Crippen LogP contribution in [0.5, 0.6) is 0 Å². The molecule has 18 amide bonds. The zero-order valence-corrected chi connectivity index (χ0v) is 103. The summed E-state index contributed by atoms with van der Waals surface area (Å²) in [5.41, 5.74) is 5.59. The first-order valence-electron chi connectivity index (χ1n) is 49.7. The lowest BCUT2D eigenvalue weighted by molar-refractivity contribution is -0.139. The standard InChI is InChI=1S/C19H35NO5Si4.C18H24N2O8.2C18H28N2O5Si2.C16H35NO5Si4.C7H9NO2/c1-10-26(4,5)23-29(24-27(6,7)11-2,25-28(8,9)12-3)17-13-16-20-18(21)14-15-19(20)22;21-15-1-2-16(22)19(15)5-7-25-9-11-27-13-14-28-12-10-26-8-6-20-17(23)3-4-18(20)24;2*1-26(2,13-5-11-19-15(21)7-8-16(19)22)25-27(3,4)14-6-12-20-17(23)9-10-18(20)24;1-23(2,3)20-26(21-24(4,5)6,22-25(7,8)9)14-10-13-17-15(18)11-12-16(17)19;1-2-5-8-6(9)3-4-7(8)10/h10-12,14-15H,1-3,13,16-17H2,4-9H3;1-4H,5-14H2;2*7-10H,5-6,11-14H2,1-4H3;11-12H,10,13-14H2,1-9H3;3-4H,2,5H2,1H3. The second-order valence-electron chi connectivity index (χ2n) is 42.5. The van der Waals surface area contributed by atoms with Gasteiger partial charge >= 0.3 is 17.6 Å². The molecular formula is C96H159N9O30Si12. The minimum Gasteiger partial charge on any atom is -0.455 e. The zero-order valence-electron chi connectivity index (χ0n) is 90.7. The predicted molar refractivity (Wildman–Crippen MR) is 586 cm³/mol. The lowest BCUT2D eigenvalue weighted by Crippen LogP contribution is -2.61. The molecule has 0 radical (unpaired) electrons. The van der Waals surface area contributed by atoms with Crippen molar-refractivity contribution in [2.75, 3.05) is 112 Å². The van der Waals surface area contributed by atoms with E-state index in [9.17, 15) is 86.3 Å². The van der Waals surface area contributed by atoms with Crippen LogP contribution in [0.4, 0.5) is 0 Å². The van der Waals surface area contributed by atoms with E-state index in [1.165, 1.54) is 144 Å². The smallest absolute Gasteiger partial charge is 0.455 e. The Morgan fingerprint density at radius 3 is 0.497 bits per heavy atom. The Morgan fingerprint density at radius 1 is 0.197 bits per heavy atom. The van der Waals surface area contributed by atoms with Crippen molar-refractivity contribution in [3.05, 3.63) is 146 Å². The molecule has 816 valence electrons. The van der Waals surface area contributed by atoms with E-state index in [0.717, 1.165) is 66.1 Å². The molecular weight excluding hydrogens is 2100 g/mol. The molecule has 0 fully saturated rings. The van der Waals surface area contributed by atoms with E-state index in [1.54, 1.807) is 0 Å². The number of hydrogen-bond acceptors (Lipinski definition) is 30. The van der Waals surface area contributed by atoms with Crippen molar-refractivity contribution in [2.24, 2.45) is 0 Å². The molecule has 0 saturated carbocycles. The van der Waals surface area contributed by atoms with Gasteiger partial charge in [0.25, 0.3) is 106 Å². The monoisotopic (exact) mass is 2250 g/mol. The fourth-order valence-electron chi connectivity index (χ4n) is 15.6. The highest BCUT2D eigenvalue weighted by molar-refractivity contribution is 6.94. The number of hydrogen-bond donors (Lipinski definition) is 0.